The number of carbonyl (C=O) groups is 1. The lowest BCUT2D eigenvalue weighted by Crippen LogP contribution is -2.26. The molecule has 2 N–H and O–H groups in total. The fourth-order valence-corrected chi connectivity index (χ4v) is 4.06. The van der Waals surface area contributed by atoms with E-state index in [1.165, 1.54) is 0 Å². The van der Waals surface area contributed by atoms with Crippen LogP contribution in [0.15, 0.2) is 20.7 Å². The van der Waals surface area contributed by atoms with Gasteiger partial charge < -0.3 is 5.32 Å². The zero-order valence-electron chi connectivity index (χ0n) is 11.1. The van der Waals surface area contributed by atoms with Gasteiger partial charge in [-0.2, -0.15) is 0 Å². The fourth-order valence-electron chi connectivity index (χ4n) is 2.53. The van der Waals surface area contributed by atoms with Gasteiger partial charge in [0, 0.05) is 23.3 Å². The van der Waals surface area contributed by atoms with Gasteiger partial charge in [-0.05, 0) is 41.9 Å². The Morgan fingerprint density at radius 2 is 2.15 bits per heavy atom. The van der Waals surface area contributed by atoms with Crippen LogP contribution in [0, 0.1) is 0 Å². The van der Waals surface area contributed by atoms with E-state index in [9.17, 15) is 9.59 Å². The number of aromatic amines is 1. The van der Waals surface area contributed by atoms with Crippen molar-refractivity contribution in [2.45, 2.75) is 32.2 Å². The summed E-state index contributed by atoms with van der Waals surface area (Å²) in [5, 5.41) is 5.64. The van der Waals surface area contributed by atoms with Gasteiger partial charge in [0.15, 0.2) is 0 Å². The molecule has 7 heteroatoms. The molecule has 106 valence electrons. The van der Waals surface area contributed by atoms with Crippen LogP contribution in [0.25, 0.3) is 0 Å². The monoisotopic (exact) mass is 355 g/mol. The van der Waals surface area contributed by atoms with Crippen molar-refractivity contribution in [2.24, 2.45) is 0 Å². The molecule has 1 aliphatic rings. The number of nitrogens with zero attached hydrogens (tertiary/aromatic N) is 1. The van der Waals surface area contributed by atoms with Gasteiger partial charge in [0.2, 0.25) is 5.91 Å². The zero-order chi connectivity index (χ0) is 14.4. The summed E-state index contributed by atoms with van der Waals surface area (Å²) in [6.07, 6.45) is 0.311. The van der Waals surface area contributed by atoms with Crippen molar-refractivity contribution in [2.75, 3.05) is 5.32 Å². The SMILES string of the molecule is CC(C)n1[nH]c(=O)c2c1NC(=O)CC2c1ccc(Br)s1. The first-order valence-electron chi connectivity index (χ1n) is 6.37. The lowest BCUT2D eigenvalue weighted by Gasteiger charge is -2.23. The molecule has 0 bridgehead atoms. The molecule has 3 heterocycles. The van der Waals surface area contributed by atoms with E-state index in [0.29, 0.717) is 17.8 Å². The highest BCUT2D eigenvalue weighted by Crippen LogP contribution is 2.39. The normalized spacial score (nSPS) is 18.2. The third-order valence-corrected chi connectivity index (χ3v) is 5.15. The van der Waals surface area contributed by atoms with Crippen LogP contribution in [0.3, 0.4) is 0 Å². The third kappa shape index (κ3) is 2.14. The maximum atomic E-state index is 12.3. The summed E-state index contributed by atoms with van der Waals surface area (Å²) >= 11 is 4.99. The van der Waals surface area contributed by atoms with Crippen LogP contribution in [0.4, 0.5) is 5.82 Å². The summed E-state index contributed by atoms with van der Waals surface area (Å²) in [6, 6.07) is 3.99. The number of fused-ring (bicyclic) bond motifs is 1. The largest absolute Gasteiger partial charge is 0.311 e. The smallest absolute Gasteiger partial charge is 0.270 e. The summed E-state index contributed by atoms with van der Waals surface area (Å²) in [7, 11) is 0. The molecule has 1 unspecified atom stereocenters. The van der Waals surface area contributed by atoms with Crippen LogP contribution in [0.2, 0.25) is 0 Å². The second-order valence-corrected chi connectivity index (χ2v) is 7.61. The second-order valence-electron chi connectivity index (χ2n) is 5.11. The summed E-state index contributed by atoms with van der Waals surface area (Å²) in [5.74, 6) is 0.384. The Kier molecular flexibility index (Phi) is 3.33. The number of nitrogens with one attached hydrogen (secondary N) is 2. The average Bonchev–Trinajstić information content (AvgIpc) is 2.93. The minimum Gasteiger partial charge on any atom is -0.311 e. The van der Waals surface area contributed by atoms with E-state index in [1.54, 1.807) is 16.0 Å². The Morgan fingerprint density at radius 3 is 2.75 bits per heavy atom. The summed E-state index contributed by atoms with van der Waals surface area (Å²) in [6.45, 7) is 3.93. The van der Waals surface area contributed by atoms with E-state index in [2.05, 4.69) is 26.3 Å². The molecule has 5 nitrogen and oxygen atoms in total. The van der Waals surface area contributed by atoms with Crippen molar-refractivity contribution >= 4 is 39.0 Å². The molecule has 0 radical (unpaired) electrons. The first kappa shape index (κ1) is 13.6. The van der Waals surface area contributed by atoms with E-state index in [-0.39, 0.29) is 23.4 Å². The molecule has 0 aliphatic carbocycles. The highest BCUT2D eigenvalue weighted by molar-refractivity contribution is 9.11. The minimum absolute atomic E-state index is 0.0552. The summed E-state index contributed by atoms with van der Waals surface area (Å²) in [5.41, 5.74) is 0.538. The summed E-state index contributed by atoms with van der Waals surface area (Å²) in [4.78, 5) is 25.2. The molecule has 0 saturated heterocycles. The Bertz CT molecular complexity index is 728. The van der Waals surface area contributed by atoms with Crippen LogP contribution >= 0.6 is 27.3 Å². The van der Waals surface area contributed by atoms with Gasteiger partial charge in [-0.1, -0.05) is 0 Å². The first-order valence-corrected chi connectivity index (χ1v) is 7.97. The lowest BCUT2D eigenvalue weighted by atomic mass is 9.92. The van der Waals surface area contributed by atoms with E-state index < -0.39 is 0 Å². The number of halogens is 1. The zero-order valence-corrected chi connectivity index (χ0v) is 13.5. The molecule has 3 rings (SSSR count). The molecule has 0 fully saturated rings. The minimum atomic E-state index is -0.168. The van der Waals surface area contributed by atoms with E-state index in [0.717, 1.165) is 8.66 Å². The van der Waals surface area contributed by atoms with Crippen LogP contribution in [-0.2, 0) is 4.79 Å². The van der Waals surface area contributed by atoms with Crippen molar-refractivity contribution in [3.8, 4) is 0 Å². The van der Waals surface area contributed by atoms with Gasteiger partial charge in [0.25, 0.3) is 5.56 Å². The predicted octanol–water partition coefficient (Wildman–Crippen LogP) is 3.06. The van der Waals surface area contributed by atoms with Crippen LogP contribution in [-0.4, -0.2) is 15.7 Å². The number of hydrogen-bond donors (Lipinski definition) is 2. The third-order valence-electron chi connectivity index (χ3n) is 3.41. The molecule has 1 amide bonds. The molecular formula is C13H14BrN3O2S. The number of H-pyrrole nitrogens is 1. The van der Waals surface area contributed by atoms with E-state index >= 15 is 0 Å². The van der Waals surface area contributed by atoms with E-state index in [4.69, 9.17) is 0 Å². The maximum absolute atomic E-state index is 12.3. The van der Waals surface area contributed by atoms with Crippen LogP contribution in [0.1, 0.15) is 42.7 Å². The molecule has 2 aromatic heterocycles. The van der Waals surface area contributed by atoms with Crippen molar-refractivity contribution in [1.29, 1.82) is 0 Å². The van der Waals surface area contributed by atoms with Crippen LogP contribution < -0.4 is 10.9 Å². The molecular weight excluding hydrogens is 342 g/mol. The molecule has 2 aromatic rings. The Hall–Kier alpha value is -1.34. The van der Waals surface area contributed by atoms with Crippen molar-refractivity contribution in [3.05, 3.63) is 36.7 Å². The van der Waals surface area contributed by atoms with Gasteiger partial charge in [0.05, 0.1) is 9.35 Å². The molecule has 20 heavy (non-hydrogen) atoms. The van der Waals surface area contributed by atoms with Gasteiger partial charge in [-0.3, -0.25) is 19.4 Å². The van der Waals surface area contributed by atoms with Gasteiger partial charge >= 0.3 is 0 Å². The molecule has 1 atom stereocenters. The number of carbonyl (C=O) groups excluding carboxylic acids is 1. The quantitative estimate of drug-likeness (QED) is 0.869. The molecule has 0 spiro atoms. The van der Waals surface area contributed by atoms with Crippen molar-refractivity contribution < 1.29 is 4.79 Å². The Morgan fingerprint density at radius 1 is 1.40 bits per heavy atom. The number of hydrogen-bond acceptors (Lipinski definition) is 3. The van der Waals surface area contributed by atoms with Crippen molar-refractivity contribution in [1.82, 2.24) is 9.78 Å². The number of thiophene rings is 1. The van der Waals surface area contributed by atoms with Gasteiger partial charge in [-0.15, -0.1) is 11.3 Å². The second kappa shape index (κ2) is 4.89. The van der Waals surface area contributed by atoms with Gasteiger partial charge in [0.1, 0.15) is 5.82 Å². The number of rotatable bonds is 2. The predicted molar refractivity (Wildman–Crippen MR) is 82.5 cm³/mol. The standard InChI is InChI=1S/C13H14BrN3O2S/c1-6(2)17-12-11(13(19)16-17)7(5-10(18)15-12)8-3-4-9(14)20-8/h3-4,6-7H,5H2,1-2H3,(H,15,18)(H,16,19). The molecule has 1 aliphatic heterocycles. The molecule has 0 saturated carbocycles. The van der Waals surface area contributed by atoms with Gasteiger partial charge in [-0.25, -0.2) is 0 Å². The number of aromatic nitrogens is 2. The van der Waals surface area contributed by atoms with E-state index in [1.807, 2.05) is 26.0 Å². The number of anilines is 1. The fraction of sp³-hybridized carbons (Fsp3) is 0.385. The summed E-state index contributed by atoms with van der Waals surface area (Å²) < 4.78 is 2.73. The lowest BCUT2D eigenvalue weighted by molar-refractivity contribution is -0.116. The highest BCUT2D eigenvalue weighted by Gasteiger charge is 2.33. The van der Waals surface area contributed by atoms with Crippen LogP contribution in [0.5, 0.6) is 0 Å². The Labute approximate surface area is 128 Å². The molecule has 0 aromatic carbocycles. The maximum Gasteiger partial charge on any atom is 0.270 e. The Balaban J connectivity index is 2.18. The van der Waals surface area contributed by atoms with Crippen molar-refractivity contribution in [3.63, 3.8) is 0 Å². The average molecular weight is 356 g/mol. The highest BCUT2D eigenvalue weighted by atomic mass is 79.9. The number of amides is 1. The first-order chi connectivity index (χ1) is 9.47. The topological polar surface area (TPSA) is 66.9 Å².